The number of aromatic nitrogens is 1. The Bertz CT molecular complexity index is 511. The molecule has 0 radical (unpaired) electrons. The summed E-state index contributed by atoms with van der Waals surface area (Å²) >= 11 is 5.88. The molecule has 0 amide bonds. The minimum Gasteiger partial charge on any atom is -0.496 e. The number of hydrogen-bond acceptors (Lipinski definition) is 4. The fourth-order valence-electron chi connectivity index (χ4n) is 1.94. The molecule has 0 aliphatic heterocycles. The molecule has 0 aliphatic carbocycles. The SMILES string of the molecule is COc1c(C)cc(-c2csc(CS)n2)cc1C. The predicted octanol–water partition coefficient (Wildman–Crippen LogP) is 3.87. The molecule has 2 rings (SSSR count). The maximum atomic E-state index is 5.36. The van der Waals surface area contributed by atoms with E-state index in [0.717, 1.165) is 33.1 Å². The zero-order valence-corrected chi connectivity index (χ0v) is 11.9. The minimum atomic E-state index is 0.693. The number of ether oxygens (including phenoxy) is 1. The van der Waals surface area contributed by atoms with Crippen LogP contribution in [0.1, 0.15) is 16.1 Å². The van der Waals surface area contributed by atoms with Crippen LogP contribution in [0.3, 0.4) is 0 Å². The molecule has 4 heteroatoms. The number of thiol groups is 1. The molecule has 1 aromatic carbocycles. The Balaban J connectivity index is 2.46. The van der Waals surface area contributed by atoms with E-state index >= 15 is 0 Å². The molecule has 1 aromatic heterocycles. The highest BCUT2D eigenvalue weighted by Gasteiger charge is 2.09. The van der Waals surface area contributed by atoms with E-state index in [0.29, 0.717) is 5.75 Å². The number of methoxy groups -OCH3 is 1. The number of hydrogen-bond donors (Lipinski definition) is 1. The molecule has 0 fully saturated rings. The number of rotatable bonds is 3. The lowest BCUT2D eigenvalue weighted by atomic mass is 10.0. The van der Waals surface area contributed by atoms with Crippen molar-refractivity contribution in [2.75, 3.05) is 7.11 Å². The van der Waals surface area contributed by atoms with Gasteiger partial charge in [0.1, 0.15) is 10.8 Å². The third kappa shape index (κ3) is 2.48. The monoisotopic (exact) mass is 265 g/mol. The molecular weight excluding hydrogens is 250 g/mol. The number of nitrogens with zero attached hydrogens (tertiary/aromatic N) is 1. The highest BCUT2D eigenvalue weighted by Crippen LogP contribution is 2.30. The maximum absolute atomic E-state index is 5.36. The summed E-state index contributed by atoms with van der Waals surface area (Å²) in [5, 5.41) is 3.13. The Hall–Kier alpha value is -1.00. The molecule has 0 N–H and O–H groups in total. The van der Waals surface area contributed by atoms with E-state index in [1.165, 1.54) is 0 Å². The molecular formula is C13H15NOS2. The summed E-state index contributed by atoms with van der Waals surface area (Å²) in [4.78, 5) is 4.54. The predicted molar refractivity (Wildman–Crippen MR) is 76.3 cm³/mol. The van der Waals surface area contributed by atoms with Gasteiger partial charge in [0.15, 0.2) is 0 Å². The van der Waals surface area contributed by atoms with Crippen LogP contribution in [-0.4, -0.2) is 12.1 Å². The van der Waals surface area contributed by atoms with Crippen molar-refractivity contribution in [2.45, 2.75) is 19.6 Å². The molecule has 0 atom stereocenters. The molecule has 0 saturated heterocycles. The first-order chi connectivity index (χ1) is 8.15. The first-order valence-corrected chi connectivity index (χ1v) is 6.87. The standard InChI is InChI=1S/C13H15NOS2/c1-8-4-10(5-9(2)13(8)15-3)11-7-17-12(6-16)14-11/h4-5,7,16H,6H2,1-3H3. The minimum absolute atomic E-state index is 0.693. The van der Waals surface area contributed by atoms with Gasteiger partial charge in [0, 0.05) is 16.7 Å². The van der Waals surface area contributed by atoms with Gasteiger partial charge in [-0.2, -0.15) is 12.6 Å². The van der Waals surface area contributed by atoms with E-state index in [4.69, 9.17) is 4.74 Å². The van der Waals surface area contributed by atoms with Crippen molar-refractivity contribution < 1.29 is 4.74 Å². The Morgan fingerprint density at radius 3 is 2.41 bits per heavy atom. The van der Waals surface area contributed by atoms with Crippen LogP contribution in [0, 0.1) is 13.8 Å². The third-order valence-electron chi connectivity index (χ3n) is 2.65. The van der Waals surface area contributed by atoms with Crippen LogP contribution in [0.4, 0.5) is 0 Å². The second-order valence-electron chi connectivity index (χ2n) is 3.93. The molecule has 2 aromatic rings. The van der Waals surface area contributed by atoms with Crippen LogP contribution < -0.4 is 4.74 Å². The molecule has 1 heterocycles. The zero-order valence-electron chi connectivity index (χ0n) is 10.2. The number of thiazole rings is 1. The van der Waals surface area contributed by atoms with E-state index in [9.17, 15) is 0 Å². The summed E-state index contributed by atoms with van der Waals surface area (Å²) in [5.74, 6) is 1.65. The molecule has 17 heavy (non-hydrogen) atoms. The molecule has 0 bridgehead atoms. The zero-order chi connectivity index (χ0) is 12.4. The van der Waals surface area contributed by atoms with Gasteiger partial charge < -0.3 is 4.74 Å². The number of benzene rings is 1. The van der Waals surface area contributed by atoms with Crippen molar-refractivity contribution in [3.8, 4) is 17.0 Å². The van der Waals surface area contributed by atoms with Crippen LogP contribution in [0.25, 0.3) is 11.3 Å². The first kappa shape index (κ1) is 12.5. The van der Waals surface area contributed by atoms with Gasteiger partial charge in [0.25, 0.3) is 0 Å². The van der Waals surface area contributed by atoms with Gasteiger partial charge in [-0.25, -0.2) is 4.98 Å². The van der Waals surface area contributed by atoms with Gasteiger partial charge in [-0.1, -0.05) is 0 Å². The average Bonchev–Trinajstić information content (AvgIpc) is 2.77. The normalized spacial score (nSPS) is 10.6. The van der Waals surface area contributed by atoms with Crippen LogP contribution in [0.5, 0.6) is 5.75 Å². The fraction of sp³-hybridized carbons (Fsp3) is 0.308. The summed E-state index contributed by atoms with van der Waals surface area (Å²) < 4.78 is 5.36. The van der Waals surface area contributed by atoms with Gasteiger partial charge in [0.2, 0.25) is 0 Å². The van der Waals surface area contributed by atoms with Crippen LogP contribution >= 0.6 is 24.0 Å². The van der Waals surface area contributed by atoms with E-state index in [2.05, 4.69) is 49.0 Å². The van der Waals surface area contributed by atoms with Crippen LogP contribution in [0.2, 0.25) is 0 Å². The summed E-state index contributed by atoms with van der Waals surface area (Å²) in [6.45, 7) is 4.11. The molecule has 0 spiro atoms. The lowest BCUT2D eigenvalue weighted by Gasteiger charge is -2.10. The van der Waals surface area contributed by atoms with Gasteiger partial charge in [0.05, 0.1) is 12.8 Å². The lowest BCUT2D eigenvalue weighted by molar-refractivity contribution is 0.408. The molecule has 90 valence electrons. The molecule has 0 saturated carbocycles. The largest absolute Gasteiger partial charge is 0.496 e. The van der Waals surface area contributed by atoms with E-state index in [1.54, 1.807) is 18.4 Å². The van der Waals surface area contributed by atoms with E-state index in [-0.39, 0.29) is 0 Å². The summed E-state index contributed by atoms with van der Waals surface area (Å²) in [7, 11) is 1.71. The van der Waals surface area contributed by atoms with Gasteiger partial charge >= 0.3 is 0 Å². The second-order valence-corrected chi connectivity index (χ2v) is 5.19. The topological polar surface area (TPSA) is 22.1 Å². The highest BCUT2D eigenvalue weighted by atomic mass is 32.1. The van der Waals surface area contributed by atoms with Crippen LogP contribution in [-0.2, 0) is 5.75 Å². The number of aryl methyl sites for hydroxylation is 2. The van der Waals surface area contributed by atoms with Crippen molar-refractivity contribution >= 4 is 24.0 Å². The van der Waals surface area contributed by atoms with Gasteiger partial charge in [-0.3, -0.25) is 0 Å². The fourth-order valence-corrected chi connectivity index (χ4v) is 2.89. The quantitative estimate of drug-likeness (QED) is 0.851. The summed E-state index contributed by atoms with van der Waals surface area (Å²) in [6.07, 6.45) is 0. The van der Waals surface area contributed by atoms with Crippen molar-refractivity contribution in [2.24, 2.45) is 0 Å². The van der Waals surface area contributed by atoms with Crippen molar-refractivity contribution in [1.29, 1.82) is 0 Å². The van der Waals surface area contributed by atoms with Crippen LogP contribution in [0.15, 0.2) is 17.5 Å². The third-order valence-corrected chi connectivity index (χ3v) is 4.01. The Kier molecular flexibility index (Phi) is 3.74. The van der Waals surface area contributed by atoms with Gasteiger partial charge in [-0.15, -0.1) is 11.3 Å². The first-order valence-electron chi connectivity index (χ1n) is 5.36. The van der Waals surface area contributed by atoms with Crippen molar-refractivity contribution in [1.82, 2.24) is 4.98 Å². The Labute approximate surface area is 111 Å². The van der Waals surface area contributed by atoms with E-state index < -0.39 is 0 Å². The van der Waals surface area contributed by atoms with E-state index in [1.807, 2.05) is 0 Å². The van der Waals surface area contributed by atoms with Crippen molar-refractivity contribution in [3.63, 3.8) is 0 Å². The Morgan fingerprint density at radius 2 is 1.94 bits per heavy atom. The summed E-state index contributed by atoms with van der Waals surface area (Å²) in [6, 6.07) is 4.23. The highest BCUT2D eigenvalue weighted by molar-refractivity contribution is 7.79. The van der Waals surface area contributed by atoms with Crippen molar-refractivity contribution in [3.05, 3.63) is 33.6 Å². The Morgan fingerprint density at radius 1 is 1.29 bits per heavy atom. The second kappa shape index (κ2) is 5.10. The molecule has 0 aliphatic rings. The molecule has 0 unspecified atom stereocenters. The smallest absolute Gasteiger partial charge is 0.124 e. The maximum Gasteiger partial charge on any atom is 0.124 e. The summed E-state index contributed by atoms with van der Waals surface area (Å²) in [5.41, 5.74) is 4.45. The average molecular weight is 265 g/mol. The molecule has 2 nitrogen and oxygen atoms in total. The van der Waals surface area contributed by atoms with Gasteiger partial charge in [-0.05, 0) is 37.1 Å². The lowest BCUT2D eigenvalue weighted by Crippen LogP contribution is -1.92.